The lowest BCUT2D eigenvalue weighted by Crippen LogP contribution is -2.07. The molecule has 0 heterocycles. The SMILES string of the molecule is CCCCCCOC(=O)c1ccc(I)c(F)c1. The van der Waals surface area contributed by atoms with Crippen LogP contribution in [-0.4, -0.2) is 12.6 Å². The number of unbranched alkanes of at least 4 members (excludes halogenated alkanes) is 3. The van der Waals surface area contributed by atoms with E-state index < -0.39 is 5.97 Å². The lowest BCUT2D eigenvalue weighted by Gasteiger charge is -2.05. The van der Waals surface area contributed by atoms with E-state index in [1.54, 1.807) is 12.1 Å². The van der Waals surface area contributed by atoms with Gasteiger partial charge in [0.1, 0.15) is 5.82 Å². The number of esters is 1. The Hall–Kier alpha value is -0.650. The van der Waals surface area contributed by atoms with Gasteiger partial charge in [-0.15, -0.1) is 0 Å². The van der Waals surface area contributed by atoms with Crippen molar-refractivity contribution in [2.24, 2.45) is 0 Å². The van der Waals surface area contributed by atoms with E-state index in [4.69, 9.17) is 4.74 Å². The van der Waals surface area contributed by atoms with Crippen LogP contribution in [0.1, 0.15) is 43.0 Å². The molecule has 0 bridgehead atoms. The van der Waals surface area contributed by atoms with E-state index in [0.29, 0.717) is 10.2 Å². The molecule has 0 N–H and O–H groups in total. The summed E-state index contributed by atoms with van der Waals surface area (Å²) in [5.74, 6) is -0.831. The minimum atomic E-state index is -0.447. The molecule has 0 atom stereocenters. The zero-order valence-corrected chi connectivity index (χ0v) is 12.0. The topological polar surface area (TPSA) is 26.3 Å². The van der Waals surface area contributed by atoms with Crippen LogP contribution in [0.5, 0.6) is 0 Å². The molecule has 1 aromatic rings. The van der Waals surface area contributed by atoms with Gasteiger partial charge >= 0.3 is 5.97 Å². The van der Waals surface area contributed by atoms with E-state index >= 15 is 0 Å². The third-order valence-electron chi connectivity index (χ3n) is 2.39. The molecule has 0 aliphatic heterocycles. The zero-order chi connectivity index (χ0) is 12.7. The minimum absolute atomic E-state index is 0.276. The Kier molecular flexibility index (Phi) is 6.47. The van der Waals surface area contributed by atoms with Crippen LogP contribution in [0.2, 0.25) is 0 Å². The van der Waals surface area contributed by atoms with Crippen molar-refractivity contribution in [1.29, 1.82) is 0 Å². The van der Waals surface area contributed by atoms with E-state index in [2.05, 4.69) is 6.92 Å². The molecule has 2 nitrogen and oxygen atoms in total. The summed E-state index contributed by atoms with van der Waals surface area (Å²) >= 11 is 1.88. The number of ether oxygens (including phenoxy) is 1. The maximum atomic E-state index is 13.2. The van der Waals surface area contributed by atoms with Crippen LogP contribution in [0, 0.1) is 9.39 Å². The van der Waals surface area contributed by atoms with Crippen molar-refractivity contribution < 1.29 is 13.9 Å². The lowest BCUT2D eigenvalue weighted by molar-refractivity contribution is 0.0497. The highest BCUT2D eigenvalue weighted by Crippen LogP contribution is 2.13. The number of halogens is 2. The fourth-order valence-electron chi connectivity index (χ4n) is 1.40. The molecule has 0 radical (unpaired) electrons. The van der Waals surface area contributed by atoms with Crippen LogP contribution in [0.4, 0.5) is 4.39 Å². The smallest absolute Gasteiger partial charge is 0.338 e. The molecular formula is C13H16FIO2. The summed E-state index contributed by atoms with van der Waals surface area (Å²) in [6.07, 6.45) is 4.23. The average molecular weight is 350 g/mol. The molecule has 94 valence electrons. The summed E-state index contributed by atoms with van der Waals surface area (Å²) < 4.78 is 18.8. The first-order valence-corrected chi connectivity index (χ1v) is 6.85. The molecule has 0 amide bonds. The van der Waals surface area contributed by atoms with Gasteiger partial charge in [0.15, 0.2) is 0 Å². The lowest BCUT2D eigenvalue weighted by atomic mass is 10.2. The summed E-state index contributed by atoms with van der Waals surface area (Å²) in [5.41, 5.74) is 0.276. The van der Waals surface area contributed by atoms with Gasteiger partial charge in [-0.05, 0) is 47.2 Å². The molecule has 1 aromatic carbocycles. The van der Waals surface area contributed by atoms with E-state index in [0.717, 1.165) is 25.7 Å². The number of rotatable bonds is 6. The molecule has 1 rings (SSSR count). The maximum absolute atomic E-state index is 13.2. The van der Waals surface area contributed by atoms with Crippen molar-refractivity contribution in [2.75, 3.05) is 6.61 Å². The molecule has 0 fully saturated rings. The number of carbonyl (C=O) groups excluding carboxylic acids is 1. The van der Waals surface area contributed by atoms with Gasteiger partial charge in [-0.25, -0.2) is 9.18 Å². The largest absolute Gasteiger partial charge is 0.462 e. The molecular weight excluding hydrogens is 334 g/mol. The van der Waals surface area contributed by atoms with Crippen molar-refractivity contribution in [3.63, 3.8) is 0 Å². The predicted octanol–water partition coefficient (Wildman–Crippen LogP) is 4.17. The highest BCUT2D eigenvalue weighted by atomic mass is 127. The highest BCUT2D eigenvalue weighted by molar-refractivity contribution is 14.1. The first-order chi connectivity index (χ1) is 8.15. The van der Waals surface area contributed by atoms with Gasteiger partial charge in [0.25, 0.3) is 0 Å². The maximum Gasteiger partial charge on any atom is 0.338 e. The van der Waals surface area contributed by atoms with Gasteiger partial charge in [-0.3, -0.25) is 0 Å². The van der Waals surface area contributed by atoms with Gasteiger partial charge in [0.05, 0.1) is 12.2 Å². The molecule has 17 heavy (non-hydrogen) atoms. The Labute approximate surface area is 115 Å². The van der Waals surface area contributed by atoms with Crippen LogP contribution in [-0.2, 0) is 4.74 Å². The Morgan fingerprint density at radius 2 is 2.12 bits per heavy atom. The van der Waals surface area contributed by atoms with Crippen LogP contribution in [0.25, 0.3) is 0 Å². The Balaban J connectivity index is 2.39. The van der Waals surface area contributed by atoms with Crippen LogP contribution >= 0.6 is 22.6 Å². The van der Waals surface area contributed by atoms with Crippen molar-refractivity contribution in [2.45, 2.75) is 32.6 Å². The third kappa shape index (κ3) is 5.02. The van der Waals surface area contributed by atoms with Crippen LogP contribution in [0.15, 0.2) is 18.2 Å². The fourth-order valence-corrected chi connectivity index (χ4v) is 1.74. The molecule has 0 spiro atoms. The summed E-state index contributed by atoms with van der Waals surface area (Å²) in [6.45, 7) is 2.53. The van der Waals surface area contributed by atoms with Crippen molar-refractivity contribution in [1.82, 2.24) is 0 Å². The summed E-state index contributed by atoms with van der Waals surface area (Å²) in [4.78, 5) is 11.5. The Morgan fingerprint density at radius 3 is 2.76 bits per heavy atom. The molecule has 0 saturated carbocycles. The molecule has 4 heteroatoms. The molecule has 0 aliphatic carbocycles. The molecule has 0 aliphatic rings. The fraction of sp³-hybridized carbons (Fsp3) is 0.462. The van der Waals surface area contributed by atoms with E-state index in [1.807, 2.05) is 22.6 Å². The van der Waals surface area contributed by atoms with Gasteiger partial charge in [-0.1, -0.05) is 26.2 Å². The van der Waals surface area contributed by atoms with Crippen molar-refractivity contribution in [3.8, 4) is 0 Å². The summed E-state index contributed by atoms with van der Waals surface area (Å²) in [7, 11) is 0. The number of hydrogen-bond acceptors (Lipinski definition) is 2. The zero-order valence-electron chi connectivity index (χ0n) is 9.84. The van der Waals surface area contributed by atoms with Gasteiger partial charge in [-0.2, -0.15) is 0 Å². The predicted molar refractivity (Wildman–Crippen MR) is 73.5 cm³/mol. The first kappa shape index (κ1) is 14.4. The van der Waals surface area contributed by atoms with Crippen LogP contribution < -0.4 is 0 Å². The monoisotopic (exact) mass is 350 g/mol. The van der Waals surface area contributed by atoms with Gasteiger partial charge in [0, 0.05) is 3.57 Å². The third-order valence-corrected chi connectivity index (χ3v) is 3.26. The van der Waals surface area contributed by atoms with Crippen LogP contribution in [0.3, 0.4) is 0 Å². The first-order valence-electron chi connectivity index (χ1n) is 5.77. The number of carbonyl (C=O) groups is 1. The second-order valence-corrected chi connectivity index (χ2v) is 4.99. The number of benzene rings is 1. The second-order valence-electron chi connectivity index (χ2n) is 3.83. The molecule has 0 saturated heterocycles. The standard InChI is InChI=1S/C13H16FIO2/c1-2-3-4-5-8-17-13(16)10-6-7-12(15)11(14)9-10/h6-7,9H,2-5,8H2,1H3. The minimum Gasteiger partial charge on any atom is -0.462 e. The normalized spacial score (nSPS) is 10.3. The summed E-state index contributed by atoms with van der Waals surface area (Å²) in [6, 6.07) is 4.37. The summed E-state index contributed by atoms with van der Waals surface area (Å²) in [5, 5.41) is 0. The average Bonchev–Trinajstić information content (AvgIpc) is 2.32. The Bertz CT molecular complexity index is 380. The van der Waals surface area contributed by atoms with E-state index in [-0.39, 0.29) is 11.4 Å². The second kappa shape index (κ2) is 7.63. The van der Waals surface area contributed by atoms with Gasteiger partial charge in [0.2, 0.25) is 0 Å². The highest BCUT2D eigenvalue weighted by Gasteiger charge is 2.09. The quantitative estimate of drug-likeness (QED) is 0.437. The number of hydrogen-bond donors (Lipinski definition) is 0. The van der Waals surface area contributed by atoms with Crippen molar-refractivity contribution in [3.05, 3.63) is 33.1 Å². The van der Waals surface area contributed by atoms with Gasteiger partial charge < -0.3 is 4.74 Å². The molecule has 0 aromatic heterocycles. The molecule has 0 unspecified atom stereocenters. The Morgan fingerprint density at radius 1 is 1.35 bits per heavy atom. The van der Waals surface area contributed by atoms with Crippen molar-refractivity contribution >= 4 is 28.6 Å². The van der Waals surface area contributed by atoms with E-state index in [9.17, 15) is 9.18 Å². The van der Waals surface area contributed by atoms with E-state index in [1.165, 1.54) is 6.07 Å².